The fourth-order valence-electron chi connectivity index (χ4n) is 2.62. The molecule has 1 aromatic heterocycles. The quantitative estimate of drug-likeness (QED) is 0.896. The number of hydrogen-bond acceptors (Lipinski definition) is 3. The molecule has 1 atom stereocenters. The summed E-state index contributed by atoms with van der Waals surface area (Å²) >= 11 is 0. The molecule has 0 radical (unpaired) electrons. The van der Waals surface area contributed by atoms with Crippen molar-refractivity contribution >= 4 is 5.91 Å². The molecule has 1 aromatic rings. The topological polar surface area (TPSA) is 58.4 Å². The van der Waals surface area contributed by atoms with Gasteiger partial charge >= 0.3 is 0 Å². The van der Waals surface area contributed by atoms with Crippen molar-refractivity contribution in [1.29, 1.82) is 0 Å². The standard InChI is InChI=1S/C14H22FN3O2/c1-3-11(4-2)18-7-5-12(16-18)13(20)17-8-6-14(15,9-17)10-19/h5,7,11,19H,3-4,6,8-10H2,1-2H3. The summed E-state index contributed by atoms with van der Waals surface area (Å²) in [5, 5.41) is 13.3. The second-order valence-corrected chi connectivity index (χ2v) is 5.44. The van der Waals surface area contributed by atoms with Crippen LogP contribution in [-0.4, -0.2) is 51.1 Å². The van der Waals surface area contributed by atoms with Crippen molar-refractivity contribution in [2.45, 2.75) is 44.8 Å². The molecule has 1 saturated heterocycles. The Balaban J connectivity index is 2.07. The first-order valence-corrected chi connectivity index (χ1v) is 7.17. The fraction of sp³-hybridized carbons (Fsp3) is 0.714. The summed E-state index contributed by atoms with van der Waals surface area (Å²) in [6.07, 6.45) is 3.89. The molecule has 0 aliphatic carbocycles. The van der Waals surface area contributed by atoms with Crippen LogP contribution >= 0.6 is 0 Å². The number of carbonyl (C=O) groups excluding carboxylic acids is 1. The maximum Gasteiger partial charge on any atom is 0.274 e. The number of rotatable bonds is 5. The van der Waals surface area contributed by atoms with Gasteiger partial charge in [0.25, 0.3) is 5.91 Å². The van der Waals surface area contributed by atoms with Gasteiger partial charge in [-0.25, -0.2) is 4.39 Å². The number of halogens is 1. The summed E-state index contributed by atoms with van der Waals surface area (Å²) < 4.78 is 15.7. The van der Waals surface area contributed by atoms with E-state index in [9.17, 15) is 9.18 Å². The molecule has 0 bridgehead atoms. The van der Waals surface area contributed by atoms with Crippen LogP contribution in [0.2, 0.25) is 0 Å². The average molecular weight is 283 g/mol. The lowest BCUT2D eigenvalue weighted by Crippen LogP contribution is -2.35. The molecule has 112 valence electrons. The number of likely N-dealkylation sites (tertiary alicyclic amines) is 1. The molecule has 0 aromatic carbocycles. The average Bonchev–Trinajstić information content (AvgIpc) is 3.08. The molecule has 1 fully saturated rings. The third-order valence-electron chi connectivity index (χ3n) is 4.02. The zero-order valence-corrected chi connectivity index (χ0v) is 12.0. The van der Waals surface area contributed by atoms with Crippen LogP contribution in [0.3, 0.4) is 0 Å². The van der Waals surface area contributed by atoms with Crippen LogP contribution in [0.1, 0.15) is 49.6 Å². The van der Waals surface area contributed by atoms with Crippen LogP contribution in [0, 0.1) is 0 Å². The molecular formula is C14H22FN3O2. The summed E-state index contributed by atoms with van der Waals surface area (Å²) in [7, 11) is 0. The predicted molar refractivity (Wildman–Crippen MR) is 73.3 cm³/mol. The van der Waals surface area contributed by atoms with Gasteiger partial charge in [0, 0.05) is 19.2 Å². The van der Waals surface area contributed by atoms with E-state index in [1.54, 1.807) is 16.9 Å². The van der Waals surface area contributed by atoms with E-state index >= 15 is 0 Å². The Bertz CT molecular complexity index is 473. The summed E-state index contributed by atoms with van der Waals surface area (Å²) in [6.45, 7) is 3.89. The number of aliphatic hydroxyl groups is 1. The lowest BCUT2D eigenvalue weighted by Gasteiger charge is -2.18. The number of amides is 1. The van der Waals surface area contributed by atoms with Gasteiger partial charge in [0.05, 0.1) is 19.2 Å². The van der Waals surface area contributed by atoms with E-state index < -0.39 is 12.3 Å². The van der Waals surface area contributed by atoms with Crippen LogP contribution in [0.4, 0.5) is 4.39 Å². The van der Waals surface area contributed by atoms with Gasteiger partial charge in [0.2, 0.25) is 0 Å². The number of nitrogens with zero attached hydrogens (tertiary/aromatic N) is 3. The van der Waals surface area contributed by atoms with Gasteiger partial charge in [-0.1, -0.05) is 13.8 Å². The van der Waals surface area contributed by atoms with Crippen LogP contribution < -0.4 is 0 Å². The van der Waals surface area contributed by atoms with Gasteiger partial charge in [0.15, 0.2) is 5.67 Å². The highest BCUT2D eigenvalue weighted by atomic mass is 19.1. The van der Waals surface area contributed by atoms with Crippen molar-refractivity contribution in [3.05, 3.63) is 18.0 Å². The van der Waals surface area contributed by atoms with Gasteiger partial charge in [-0.15, -0.1) is 0 Å². The van der Waals surface area contributed by atoms with Crippen molar-refractivity contribution < 1.29 is 14.3 Å². The van der Waals surface area contributed by atoms with Crippen molar-refractivity contribution in [1.82, 2.24) is 14.7 Å². The van der Waals surface area contributed by atoms with Crippen LogP contribution in [0.5, 0.6) is 0 Å². The lowest BCUT2D eigenvalue weighted by atomic mass is 10.1. The molecular weight excluding hydrogens is 261 g/mol. The van der Waals surface area contributed by atoms with Gasteiger partial charge < -0.3 is 10.0 Å². The van der Waals surface area contributed by atoms with E-state index in [2.05, 4.69) is 18.9 Å². The highest BCUT2D eigenvalue weighted by molar-refractivity contribution is 5.92. The normalized spacial score (nSPS) is 22.8. The van der Waals surface area contributed by atoms with Crippen molar-refractivity contribution in [3.63, 3.8) is 0 Å². The second kappa shape index (κ2) is 5.91. The van der Waals surface area contributed by atoms with Crippen molar-refractivity contribution in [3.8, 4) is 0 Å². The van der Waals surface area contributed by atoms with Gasteiger partial charge in [-0.2, -0.15) is 5.10 Å². The Morgan fingerprint density at radius 3 is 2.80 bits per heavy atom. The summed E-state index contributed by atoms with van der Waals surface area (Å²) in [4.78, 5) is 13.7. The van der Waals surface area contributed by atoms with Crippen molar-refractivity contribution in [2.75, 3.05) is 19.7 Å². The minimum Gasteiger partial charge on any atom is -0.393 e. The molecule has 1 N–H and O–H groups in total. The number of hydrogen-bond donors (Lipinski definition) is 1. The SMILES string of the molecule is CCC(CC)n1ccc(C(=O)N2CCC(F)(CO)C2)n1. The van der Waals surface area contributed by atoms with Crippen molar-refractivity contribution in [2.24, 2.45) is 0 Å². The largest absolute Gasteiger partial charge is 0.393 e. The highest BCUT2D eigenvalue weighted by Crippen LogP contribution is 2.26. The predicted octanol–water partition coefficient (Wildman–Crippen LogP) is 1.79. The zero-order valence-electron chi connectivity index (χ0n) is 12.0. The van der Waals surface area contributed by atoms with Crippen LogP contribution in [0.15, 0.2) is 12.3 Å². The third-order valence-corrected chi connectivity index (χ3v) is 4.02. The van der Waals surface area contributed by atoms with E-state index in [0.717, 1.165) is 12.8 Å². The third kappa shape index (κ3) is 2.85. The Hall–Kier alpha value is -1.43. The molecule has 1 unspecified atom stereocenters. The Morgan fingerprint density at radius 2 is 2.25 bits per heavy atom. The number of carbonyl (C=O) groups is 1. The number of alkyl halides is 1. The number of aliphatic hydroxyl groups excluding tert-OH is 1. The van der Waals surface area contributed by atoms with Crippen LogP contribution in [0.25, 0.3) is 0 Å². The van der Waals surface area contributed by atoms with Gasteiger partial charge in [0.1, 0.15) is 5.69 Å². The zero-order chi connectivity index (χ0) is 14.8. The van der Waals surface area contributed by atoms with E-state index in [1.807, 2.05) is 0 Å². The minimum atomic E-state index is -1.66. The fourth-order valence-corrected chi connectivity index (χ4v) is 2.62. The first-order chi connectivity index (χ1) is 9.53. The smallest absolute Gasteiger partial charge is 0.274 e. The molecule has 0 saturated carbocycles. The summed E-state index contributed by atoms with van der Waals surface area (Å²) in [5.41, 5.74) is -1.31. The maximum absolute atomic E-state index is 13.9. The van der Waals surface area contributed by atoms with Gasteiger partial charge in [-0.3, -0.25) is 9.48 Å². The first-order valence-electron chi connectivity index (χ1n) is 7.17. The van der Waals surface area contributed by atoms with E-state index in [4.69, 9.17) is 5.11 Å². The summed E-state index contributed by atoms with van der Waals surface area (Å²) in [6, 6.07) is 1.96. The maximum atomic E-state index is 13.9. The molecule has 20 heavy (non-hydrogen) atoms. The highest BCUT2D eigenvalue weighted by Gasteiger charge is 2.40. The second-order valence-electron chi connectivity index (χ2n) is 5.44. The van der Waals surface area contributed by atoms with E-state index in [-0.39, 0.29) is 24.9 Å². The summed E-state index contributed by atoms with van der Waals surface area (Å²) in [5.74, 6) is -0.261. The molecule has 2 heterocycles. The molecule has 1 amide bonds. The molecule has 6 heteroatoms. The number of aromatic nitrogens is 2. The Kier molecular flexibility index (Phi) is 4.42. The van der Waals surface area contributed by atoms with E-state index in [0.29, 0.717) is 12.2 Å². The Morgan fingerprint density at radius 1 is 1.55 bits per heavy atom. The van der Waals surface area contributed by atoms with Gasteiger partial charge in [-0.05, 0) is 18.9 Å². The molecule has 1 aliphatic rings. The van der Waals surface area contributed by atoms with Crippen LogP contribution in [-0.2, 0) is 0 Å². The first kappa shape index (κ1) is 15.0. The monoisotopic (exact) mass is 283 g/mol. The molecule has 5 nitrogen and oxygen atoms in total. The molecule has 2 rings (SSSR count). The molecule has 0 spiro atoms. The Labute approximate surface area is 118 Å². The molecule has 1 aliphatic heterocycles. The minimum absolute atomic E-state index is 0.0554. The lowest BCUT2D eigenvalue weighted by molar-refractivity contribution is 0.0626. The van der Waals surface area contributed by atoms with E-state index in [1.165, 1.54) is 4.90 Å².